The average Bonchev–Trinajstić information content (AvgIpc) is 3.22. The number of hydrogen-bond acceptors (Lipinski definition) is 3. The van der Waals surface area contributed by atoms with Gasteiger partial charge in [0.25, 0.3) is 11.8 Å². The summed E-state index contributed by atoms with van der Waals surface area (Å²) < 4.78 is 43.4. The van der Waals surface area contributed by atoms with Crippen molar-refractivity contribution < 1.29 is 27.5 Å². The summed E-state index contributed by atoms with van der Waals surface area (Å²) in [4.78, 5) is 26.6. The van der Waals surface area contributed by atoms with E-state index in [1.807, 2.05) is 0 Å². The van der Waals surface area contributed by atoms with E-state index < -0.39 is 24.3 Å². The molecular weight excluding hydrogens is 385 g/mol. The molecule has 29 heavy (non-hydrogen) atoms. The number of carbonyl (C=O) groups excluding carboxylic acids is 2. The van der Waals surface area contributed by atoms with Gasteiger partial charge in [-0.1, -0.05) is 12.1 Å². The highest BCUT2D eigenvalue weighted by atomic mass is 19.4. The molecule has 1 N–H and O–H groups in total. The first-order chi connectivity index (χ1) is 13.8. The number of carbonyl (C=O) groups is 2. The van der Waals surface area contributed by atoms with Crippen LogP contribution in [0, 0.1) is 6.92 Å². The van der Waals surface area contributed by atoms with Gasteiger partial charge in [0.2, 0.25) is 0 Å². The molecule has 154 valence electrons. The Labute approximate surface area is 166 Å². The molecule has 2 aromatic carbocycles. The number of hydrogen-bond donors (Lipinski definition) is 1. The molecule has 1 aliphatic rings. The normalized spacial score (nSPS) is 14.0. The van der Waals surface area contributed by atoms with Crippen molar-refractivity contribution in [1.82, 2.24) is 4.90 Å². The second-order valence-electron chi connectivity index (χ2n) is 6.84. The number of alkyl halides is 3. The number of likely N-dealkylation sites (tertiary alicyclic amines) is 1. The monoisotopic (exact) mass is 406 g/mol. The lowest BCUT2D eigenvalue weighted by Gasteiger charge is -2.18. The van der Waals surface area contributed by atoms with Crippen molar-refractivity contribution in [1.29, 1.82) is 0 Å². The second kappa shape index (κ2) is 8.55. The van der Waals surface area contributed by atoms with Crippen molar-refractivity contribution in [2.24, 2.45) is 0 Å². The lowest BCUT2D eigenvalue weighted by atomic mass is 10.1. The lowest BCUT2D eigenvalue weighted by Crippen LogP contribution is -2.28. The molecule has 3 rings (SSSR count). The van der Waals surface area contributed by atoms with Crippen molar-refractivity contribution in [3.8, 4) is 5.75 Å². The van der Waals surface area contributed by atoms with Crippen molar-refractivity contribution in [2.75, 3.05) is 25.0 Å². The number of benzene rings is 2. The Bertz CT molecular complexity index is 906. The van der Waals surface area contributed by atoms with Gasteiger partial charge in [-0.3, -0.25) is 9.59 Å². The van der Waals surface area contributed by atoms with Crippen LogP contribution in [0.25, 0.3) is 0 Å². The summed E-state index contributed by atoms with van der Waals surface area (Å²) >= 11 is 0. The molecule has 1 fully saturated rings. The Balaban J connectivity index is 1.64. The molecule has 1 aliphatic heterocycles. The Morgan fingerprint density at radius 2 is 1.79 bits per heavy atom. The first-order valence-electron chi connectivity index (χ1n) is 9.24. The number of anilines is 1. The topological polar surface area (TPSA) is 58.6 Å². The van der Waals surface area contributed by atoms with Crippen LogP contribution in [-0.2, 0) is 11.0 Å². The summed E-state index contributed by atoms with van der Waals surface area (Å²) in [6.45, 7) is 2.73. The van der Waals surface area contributed by atoms with Gasteiger partial charge in [-0.2, -0.15) is 13.2 Å². The van der Waals surface area contributed by atoms with Crippen LogP contribution in [0.1, 0.15) is 34.3 Å². The lowest BCUT2D eigenvalue weighted by molar-refractivity contribution is -0.137. The Kier molecular flexibility index (Phi) is 6.10. The molecule has 2 amide bonds. The van der Waals surface area contributed by atoms with E-state index >= 15 is 0 Å². The van der Waals surface area contributed by atoms with Crippen LogP contribution in [0.2, 0.25) is 0 Å². The van der Waals surface area contributed by atoms with E-state index in [2.05, 4.69) is 5.32 Å². The molecule has 0 radical (unpaired) electrons. The van der Waals surface area contributed by atoms with Gasteiger partial charge in [-0.15, -0.1) is 0 Å². The molecule has 2 aromatic rings. The molecule has 0 bridgehead atoms. The van der Waals surface area contributed by atoms with Crippen LogP contribution in [0.4, 0.5) is 18.9 Å². The summed E-state index contributed by atoms with van der Waals surface area (Å²) in [6, 6.07) is 9.40. The SMILES string of the molecule is Cc1c(NC(=O)COc2cccc(C(F)(F)F)c2)cccc1C(=O)N1CCCC1. The zero-order valence-electron chi connectivity index (χ0n) is 15.9. The maximum atomic E-state index is 12.7. The highest BCUT2D eigenvalue weighted by Gasteiger charge is 2.30. The number of halogens is 3. The molecule has 0 aliphatic carbocycles. The van der Waals surface area contributed by atoms with E-state index in [9.17, 15) is 22.8 Å². The molecule has 5 nitrogen and oxygen atoms in total. The van der Waals surface area contributed by atoms with Gasteiger partial charge in [-0.05, 0) is 55.7 Å². The minimum absolute atomic E-state index is 0.0512. The zero-order valence-corrected chi connectivity index (χ0v) is 15.9. The number of amides is 2. The Morgan fingerprint density at radius 1 is 1.10 bits per heavy atom. The predicted molar refractivity (Wildman–Crippen MR) is 102 cm³/mol. The summed E-state index contributed by atoms with van der Waals surface area (Å²) in [6.07, 6.45) is -2.52. The number of ether oxygens (including phenoxy) is 1. The largest absolute Gasteiger partial charge is 0.484 e. The maximum absolute atomic E-state index is 12.7. The molecule has 0 unspecified atom stereocenters. The number of nitrogens with one attached hydrogen (secondary N) is 1. The van der Waals surface area contributed by atoms with Gasteiger partial charge in [0, 0.05) is 24.3 Å². The minimum Gasteiger partial charge on any atom is -0.484 e. The third kappa shape index (κ3) is 5.07. The summed E-state index contributed by atoms with van der Waals surface area (Å²) in [5.74, 6) is -0.655. The Hall–Kier alpha value is -3.03. The summed E-state index contributed by atoms with van der Waals surface area (Å²) in [5.41, 5.74) is 0.771. The van der Waals surface area contributed by atoms with E-state index in [0.717, 1.165) is 38.1 Å². The molecule has 0 aromatic heterocycles. The van der Waals surface area contributed by atoms with Crippen LogP contribution < -0.4 is 10.1 Å². The van der Waals surface area contributed by atoms with E-state index in [0.29, 0.717) is 16.8 Å². The molecule has 0 atom stereocenters. The zero-order chi connectivity index (χ0) is 21.0. The molecule has 1 saturated heterocycles. The first-order valence-corrected chi connectivity index (χ1v) is 9.24. The highest BCUT2D eigenvalue weighted by Crippen LogP contribution is 2.31. The highest BCUT2D eigenvalue weighted by molar-refractivity contribution is 5.99. The van der Waals surface area contributed by atoms with Gasteiger partial charge in [0.05, 0.1) is 5.56 Å². The standard InChI is InChI=1S/C21H21F3N2O3/c1-14-17(20(28)26-10-2-3-11-26)8-5-9-18(14)25-19(27)13-29-16-7-4-6-15(12-16)21(22,23)24/h4-9,12H,2-3,10-11,13H2,1H3,(H,25,27). The quantitative estimate of drug-likeness (QED) is 0.807. The van der Waals surface area contributed by atoms with Crippen LogP contribution in [0.15, 0.2) is 42.5 Å². The molecule has 0 saturated carbocycles. The van der Waals surface area contributed by atoms with Gasteiger partial charge >= 0.3 is 6.18 Å². The first kappa shape index (κ1) is 20.7. The van der Waals surface area contributed by atoms with E-state index in [-0.39, 0.29) is 11.7 Å². The molecule has 1 heterocycles. The van der Waals surface area contributed by atoms with E-state index in [1.165, 1.54) is 12.1 Å². The van der Waals surface area contributed by atoms with E-state index in [4.69, 9.17) is 4.74 Å². The van der Waals surface area contributed by atoms with Gasteiger partial charge < -0.3 is 15.0 Å². The van der Waals surface area contributed by atoms with Crippen LogP contribution in [0.5, 0.6) is 5.75 Å². The maximum Gasteiger partial charge on any atom is 0.416 e. The van der Waals surface area contributed by atoms with Gasteiger partial charge in [-0.25, -0.2) is 0 Å². The number of nitrogens with zero attached hydrogens (tertiary/aromatic N) is 1. The number of rotatable bonds is 5. The van der Waals surface area contributed by atoms with Crippen LogP contribution in [0.3, 0.4) is 0 Å². The van der Waals surface area contributed by atoms with Crippen molar-refractivity contribution in [2.45, 2.75) is 25.9 Å². The minimum atomic E-state index is -4.49. The van der Waals surface area contributed by atoms with Crippen molar-refractivity contribution >= 4 is 17.5 Å². The second-order valence-corrected chi connectivity index (χ2v) is 6.84. The molecular formula is C21H21F3N2O3. The third-order valence-electron chi connectivity index (χ3n) is 4.76. The third-order valence-corrected chi connectivity index (χ3v) is 4.76. The Morgan fingerprint density at radius 3 is 2.48 bits per heavy atom. The average molecular weight is 406 g/mol. The summed E-state index contributed by atoms with van der Waals surface area (Å²) in [5, 5.41) is 2.65. The van der Waals surface area contributed by atoms with Crippen molar-refractivity contribution in [3.05, 3.63) is 59.2 Å². The smallest absolute Gasteiger partial charge is 0.416 e. The van der Waals surface area contributed by atoms with Crippen LogP contribution >= 0.6 is 0 Å². The molecule has 8 heteroatoms. The fraction of sp³-hybridized carbons (Fsp3) is 0.333. The predicted octanol–water partition coefficient (Wildman–Crippen LogP) is 4.27. The van der Waals surface area contributed by atoms with Gasteiger partial charge in [0.1, 0.15) is 5.75 Å². The fourth-order valence-corrected chi connectivity index (χ4v) is 3.19. The fourth-order valence-electron chi connectivity index (χ4n) is 3.19. The van der Waals surface area contributed by atoms with Crippen molar-refractivity contribution in [3.63, 3.8) is 0 Å². The van der Waals surface area contributed by atoms with Crippen LogP contribution in [-0.4, -0.2) is 36.4 Å². The van der Waals surface area contributed by atoms with Gasteiger partial charge in [0.15, 0.2) is 6.61 Å². The molecule has 0 spiro atoms. The summed E-state index contributed by atoms with van der Waals surface area (Å²) in [7, 11) is 0. The van der Waals surface area contributed by atoms with E-state index in [1.54, 1.807) is 30.0 Å².